The van der Waals surface area contributed by atoms with Gasteiger partial charge in [0.05, 0.1) is 18.1 Å². The van der Waals surface area contributed by atoms with Gasteiger partial charge >= 0.3 is 0 Å². The monoisotopic (exact) mass is 309 g/mol. The average Bonchev–Trinajstić information content (AvgIpc) is 2.97. The molecule has 1 aromatic rings. The third-order valence-corrected chi connectivity index (χ3v) is 3.30. The molecular formula is C14H19N3O5. The summed E-state index contributed by atoms with van der Waals surface area (Å²) in [5.74, 6) is -0.482. The summed E-state index contributed by atoms with van der Waals surface area (Å²) >= 11 is 0. The smallest absolute Gasteiger partial charge is 0.296 e. The van der Waals surface area contributed by atoms with E-state index in [1.807, 2.05) is 6.92 Å². The van der Waals surface area contributed by atoms with Crippen LogP contribution in [-0.2, 0) is 4.74 Å². The predicted octanol–water partition coefficient (Wildman–Crippen LogP) is 1.68. The third kappa shape index (κ3) is 3.64. The van der Waals surface area contributed by atoms with E-state index in [2.05, 4.69) is 5.32 Å². The van der Waals surface area contributed by atoms with Crippen LogP contribution in [-0.4, -0.2) is 36.7 Å². The van der Waals surface area contributed by atoms with Gasteiger partial charge in [0, 0.05) is 24.6 Å². The van der Waals surface area contributed by atoms with E-state index < -0.39 is 10.8 Å². The molecule has 2 rings (SSSR count). The maximum absolute atomic E-state index is 11.4. The molecule has 0 aliphatic carbocycles. The Hall–Kier alpha value is -2.35. The fourth-order valence-electron chi connectivity index (χ4n) is 2.19. The molecule has 1 fully saturated rings. The summed E-state index contributed by atoms with van der Waals surface area (Å²) in [6, 6.07) is 2.60. The van der Waals surface area contributed by atoms with E-state index in [0.29, 0.717) is 26.2 Å². The Morgan fingerprint density at radius 2 is 2.36 bits per heavy atom. The van der Waals surface area contributed by atoms with Crippen LogP contribution in [0.3, 0.4) is 0 Å². The number of benzene rings is 1. The van der Waals surface area contributed by atoms with Gasteiger partial charge in [-0.25, -0.2) is 0 Å². The molecule has 0 radical (unpaired) electrons. The molecule has 8 heteroatoms. The van der Waals surface area contributed by atoms with Crippen molar-refractivity contribution < 1.29 is 19.2 Å². The maximum atomic E-state index is 11.4. The second-order valence-electron chi connectivity index (χ2n) is 5.02. The number of primary amides is 1. The number of hydrogen-bond donors (Lipinski definition) is 2. The topological polar surface area (TPSA) is 117 Å². The molecule has 0 bridgehead atoms. The Bertz CT molecular complexity index is 570. The lowest BCUT2D eigenvalue weighted by Crippen LogP contribution is -2.19. The van der Waals surface area contributed by atoms with Gasteiger partial charge in [-0.1, -0.05) is 6.92 Å². The minimum atomic E-state index is -0.738. The number of nitro groups is 1. The van der Waals surface area contributed by atoms with Crippen LogP contribution in [0.5, 0.6) is 5.75 Å². The zero-order valence-corrected chi connectivity index (χ0v) is 12.3. The fraction of sp³-hybridized carbons (Fsp3) is 0.500. The maximum Gasteiger partial charge on any atom is 0.296 e. The highest BCUT2D eigenvalue weighted by Crippen LogP contribution is 2.37. The van der Waals surface area contributed by atoms with Gasteiger partial charge in [-0.15, -0.1) is 0 Å². The lowest BCUT2D eigenvalue weighted by molar-refractivity contribution is -0.384. The lowest BCUT2D eigenvalue weighted by Gasteiger charge is -2.17. The first-order chi connectivity index (χ1) is 10.5. The molecule has 1 aliphatic heterocycles. The molecule has 0 saturated carbocycles. The van der Waals surface area contributed by atoms with Crippen LogP contribution in [0.2, 0.25) is 0 Å². The molecule has 1 aliphatic rings. The zero-order chi connectivity index (χ0) is 16.1. The minimum absolute atomic E-state index is 0.0441. The van der Waals surface area contributed by atoms with E-state index in [1.165, 1.54) is 12.1 Å². The van der Waals surface area contributed by atoms with E-state index in [-0.39, 0.29) is 28.8 Å². The number of anilines is 1. The first kappa shape index (κ1) is 16.0. The molecule has 0 spiro atoms. The van der Waals surface area contributed by atoms with Crippen LogP contribution in [0.4, 0.5) is 11.4 Å². The van der Waals surface area contributed by atoms with Crippen LogP contribution in [0.25, 0.3) is 0 Å². The van der Waals surface area contributed by atoms with Gasteiger partial charge in [-0.05, 0) is 12.5 Å². The van der Waals surface area contributed by atoms with Gasteiger partial charge in [-0.2, -0.15) is 0 Å². The number of hydrogen-bond acceptors (Lipinski definition) is 6. The highest BCUT2D eigenvalue weighted by molar-refractivity contribution is 5.95. The molecule has 1 atom stereocenters. The molecule has 22 heavy (non-hydrogen) atoms. The van der Waals surface area contributed by atoms with Crippen molar-refractivity contribution in [2.45, 2.75) is 25.9 Å². The summed E-state index contributed by atoms with van der Waals surface area (Å²) in [6.07, 6.45) is 1.30. The summed E-state index contributed by atoms with van der Waals surface area (Å²) < 4.78 is 11.0. The molecule has 8 nitrogen and oxygen atoms in total. The number of nitrogens with one attached hydrogen (secondary N) is 1. The highest BCUT2D eigenvalue weighted by Gasteiger charge is 2.25. The van der Waals surface area contributed by atoms with Crippen molar-refractivity contribution in [3.05, 3.63) is 27.8 Å². The Morgan fingerprint density at radius 1 is 1.59 bits per heavy atom. The fourth-order valence-corrected chi connectivity index (χ4v) is 2.19. The van der Waals surface area contributed by atoms with Crippen LogP contribution in [0.1, 0.15) is 30.1 Å². The highest BCUT2D eigenvalue weighted by atomic mass is 16.6. The molecule has 1 saturated heterocycles. The number of carbonyl (C=O) groups is 1. The van der Waals surface area contributed by atoms with Crippen molar-refractivity contribution >= 4 is 17.3 Å². The van der Waals surface area contributed by atoms with E-state index in [4.69, 9.17) is 15.2 Å². The van der Waals surface area contributed by atoms with Gasteiger partial charge in [0.25, 0.3) is 5.69 Å². The summed E-state index contributed by atoms with van der Waals surface area (Å²) in [6.45, 7) is 3.50. The number of ether oxygens (including phenoxy) is 2. The van der Waals surface area contributed by atoms with Crippen LogP contribution < -0.4 is 15.8 Å². The third-order valence-electron chi connectivity index (χ3n) is 3.30. The van der Waals surface area contributed by atoms with E-state index >= 15 is 0 Å². The van der Waals surface area contributed by atoms with Crippen LogP contribution in [0, 0.1) is 10.1 Å². The van der Waals surface area contributed by atoms with Crippen molar-refractivity contribution in [3.8, 4) is 5.75 Å². The Labute approximate surface area is 127 Å². The van der Waals surface area contributed by atoms with Gasteiger partial charge < -0.3 is 20.5 Å². The van der Waals surface area contributed by atoms with Crippen molar-refractivity contribution in [1.29, 1.82) is 0 Å². The second kappa shape index (κ2) is 7.08. The largest absolute Gasteiger partial charge is 0.485 e. The first-order valence-corrected chi connectivity index (χ1v) is 7.13. The number of rotatable bonds is 7. The molecular weight excluding hydrogens is 290 g/mol. The number of nitrogens with zero attached hydrogens (tertiary/aromatic N) is 1. The summed E-state index contributed by atoms with van der Waals surface area (Å²) in [7, 11) is 0. The van der Waals surface area contributed by atoms with Crippen LogP contribution in [0.15, 0.2) is 12.1 Å². The molecule has 1 aromatic carbocycles. The number of nitrogens with two attached hydrogens (primary N) is 1. The zero-order valence-electron chi connectivity index (χ0n) is 12.3. The number of carbonyl (C=O) groups excluding carboxylic acids is 1. The quantitative estimate of drug-likeness (QED) is 0.584. The van der Waals surface area contributed by atoms with E-state index in [9.17, 15) is 14.9 Å². The molecule has 1 amide bonds. The summed E-state index contributed by atoms with van der Waals surface area (Å²) in [5.41, 5.74) is 5.34. The van der Waals surface area contributed by atoms with Crippen molar-refractivity contribution in [2.75, 3.05) is 25.1 Å². The van der Waals surface area contributed by atoms with Gasteiger partial charge in [0.15, 0.2) is 11.4 Å². The van der Waals surface area contributed by atoms with E-state index in [0.717, 1.165) is 6.42 Å². The summed E-state index contributed by atoms with van der Waals surface area (Å²) in [5, 5.41) is 14.3. The SMILES string of the molecule is CCCNc1c(OC2CCOC2)cc(C(N)=O)cc1[N+](=O)[O-]. The standard InChI is InChI=1S/C14H19N3O5/c1-2-4-16-13-11(17(19)20)6-9(14(15)18)7-12(13)22-10-3-5-21-8-10/h6-7,10,16H,2-5,8H2,1H3,(H2,15,18). The second-order valence-corrected chi connectivity index (χ2v) is 5.02. The van der Waals surface area contributed by atoms with E-state index in [1.54, 1.807) is 0 Å². The van der Waals surface area contributed by atoms with Gasteiger partial charge in [0.1, 0.15) is 6.10 Å². The Kier molecular flexibility index (Phi) is 5.16. The lowest BCUT2D eigenvalue weighted by atomic mass is 10.1. The number of nitro benzene ring substituents is 1. The van der Waals surface area contributed by atoms with Crippen molar-refractivity contribution in [1.82, 2.24) is 0 Å². The normalized spacial score (nSPS) is 17.2. The Balaban J connectivity index is 2.43. The van der Waals surface area contributed by atoms with Gasteiger partial charge in [-0.3, -0.25) is 14.9 Å². The van der Waals surface area contributed by atoms with Gasteiger partial charge in [0.2, 0.25) is 5.91 Å². The average molecular weight is 309 g/mol. The predicted molar refractivity (Wildman–Crippen MR) is 80.2 cm³/mol. The van der Waals surface area contributed by atoms with Crippen LogP contribution >= 0.6 is 0 Å². The molecule has 3 N–H and O–H groups in total. The first-order valence-electron chi connectivity index (χ1n) is 7.13. The Morgan fingerprint density at radius 3 is 2.91 bits per heavy atom. The molecule has 0 aromatic heterocycles. The van der Waals surface area contributed by atoms with Crippen molar-refractivity contribution in [3.63, 3.8) is 0 Å². The minimum Gasteiger partial charge on any atom is -0.485 e. The molecule has 1 heterocycles. The number of amides is 1. The van der Waals surface area contributed by atoms with Crippen molar-refractivity contribution in [2.24, 2.45) is 5.73 Å². The molecule has 120 valence electrons. The summed E-state index contributed by atoms with van der Waals surface area (Å²) in [4.78, 5) is 22.1. The molecule has 1 unspecified atom stereocenters.